The number of benzene rings is 1. The van der Waals surface area contributed by atoms with Gasteiger partial charge >= 0.3 is 0 Å². The SMILES string of the molecule is Cc1ccc(Cc2noc(C3CSCC3O)n2)cc1C. The molecule has 2 atom stereocenters. The van der Waals surface area contributed by atoms with Crippen LogP contribution in [0.4, 0.5) is 0 Å². The topological polar surface area (TPSA) is 59.2 Å². The van der Waals surface area contributed by atoms with Crippen molar-refractivity contribution in [1.82, 2.24) is 10.1 Å². The first-order valence-corrected chi connectivity index (χ1v) is 7.93. The Kier molecular flexibility index (Phi) is 3.81. The van der Waals surface area contributed by atoms with Crippen LogP contribution in [-0.4, -0.2) is 32.9 Å². The number of aliphatic hydroxyl groups excluding tert-OH is 1. The molecule has 2 aromatic rings. The van der Waals surface area contributed by atoms with Crippen molar-refractivity contribution in [2.45, 2.75) is 32.3 Å². The van der Waals surface area contributed by atoms with Gasteiger partial charge in [-0.25, -0.2) is 0 Å². The van der Waals surface area contributed by atoms with E-state index in [0.717, 1.165) is 11.5 Å². The van der Waals surface area contributed by atoms with E-state index < -0.39 is 0 Å². The molecule has 106 valence electrons. The molecule has 3 rings (SSSR count). The van der Waals surface area contributed by atoms with E-state index in [1.807, 2.05) is 0 Å². The highest BCUT2D eigenvalue weighted by Crippen LogP contribution is 2.31. The molecule has 4 nitrogen and oxygen atoms in total. The summed E-state index contributed by atoms with van der Waals surface area (Å²) in [6.45, 7) is 4.21. The fourth-order valence-electron chi connectivity index (χ4n) is 2.36. The van der Waals surface area contributed by atoms with E-state index in [9.17, 15) is 5.11 Å². The Morgan fingerprint density at radius 3 is 2.85 bits per heavy atom. The van der Waals surface area contributed by atoms with Crippen molar-refractivity contribution in [3.05, 3.63) is 46.6 Å². The first kappa shape index (κ1) is 13.6. The molecule has 0 amide bonds. The number of thioether (sulfide) groups is 1. The van der Waals surface area contributed by atoms with Crippen molar-refractivity contribution in [1.29, 1.82) is 0 Å². The maximum Gasteiger partial charge on any atom is 0.233 e. The summed E-state index contributed by atoms with van der Waals surface area (Å²) in [6, 6.07) is 6.37. The quantitative estimate of drug-likeness (QED) is 0.941. The van der Waals surface area contributed by atoms with Crippen LogP contribution >= 0.6 is 11.8 Å². The molecule has 1 N–H and O–H groups in total. The molecule has 2 unspecified atom stereocenters. The van der Waals surface area contributed by atoms with Crippen LogP contribution in [0.5, 0.6) is 0 Å². The van der Waals surface area contributed by atoms with Gasteiger partial charge in [-0.1, -0.05) is 23.4 Å². The molecule has 0 radical (unpaired) electrons. The number of aliphatic hydroxyl groups is 1. The normalized spacial score (nSPS) is 22.4. The van der Waals surface area contributed by atoms with E-state index in [1.54, 1.807) is 11.8 Å². The molecule has 0 aliphatic carbocycles. The molecule has 0 saturated carbocycles. The van der Waals surface area contributed by atoms with Crippen LogP contribution in [0.15, 0.2) is 22.7 Å². The number of aromatic nitrogens is 2. The minimum Gasteiger partial charge on any atom is -0.391 e. The third-order valence-corrected chi connectivity index (χ3v) is 4.96. The molecular formula is C15H18N2O2S. The summed E-state index contributed by atoms with van der Waals surface area (Å²) in [6.07, 6.45) is 0.301. The van der Waals surface area contributed by atoms with Gasteiger partial charge in [0.2, 0.25) is 5.89 Å². The summed E-state index contributed by atoms with van der Waals surface area (Å²) in [5, 5.41) is 13.9. The maximum absolute atomic E-state index is 9.86. The molecular weight excluding hydrogens is 272 g/mol. The third-order valence-electron chi connectivity index (χ3n) is 3.79. The Morgan fingerprint density at radius 1 is 1.30 bits per heavy atom. The van der Waals surface area contributed by atoms with Crippen LogP contribution in [-0.2, 0) is 6.42 Å². The molecule has 1 aliphatic rings. The van der Waals surface area contributed by atoms with E-state index in [4.69, 9.17) is 4.52 Å². The zero-order valence-electron chi connectivity index (χ0n) is 11.7. The lowest BCUT2D eigenvalue weighted by atomic mass is 10.0. The van der Waals surface area contributed by atoms with Crippen LogP contribution in [0.3, 0.4) is 0 Å². The number of aryl methyl sites for hydroxylation is 2. The van der Waals surface area contributed by atoms with Gasteiger partial charge in [-0.15, -0.1) is 0 Å². The molecule has 5 heteroatoms. The second kappa shape index (κ2) is 5.58. The minimum atomic E-state index is -0.366. The summed E-state index contributed by atoms with van der Waals surface area (Å²) in [4.78, 5) is 4.44. The average molecular weight is 290 g/mol. The highest BCUT2D eigenvalue weighted by molar-refractivity contribution is 7.99. The average Bonchev–Trinajstić information content (AvgIpc) is 3.03. The molecule has 1 aromatic heterocycles. The van der Waals surface area contributed by atoms with Gasteiger partial charge in [0.25, 0.3) is 0 Å². The van der Waals surface area contributed by atoms with Gasteiger partial charge < -0.3 is 9.63 Å². The van der Waals surface area contributed by atoms with Crippen LogP contribution in [0, 0.1) is 13.8 Å². The van der Waals surface area contributed by atoms with Crippen molar-refractivity contribution >= 4 is 11.8 Å². The minimum absolute atomic E-state index is 0.0130. The predicted molar refractivity (Wildman–Crippen MR) is 79.1 cm³/mol. The third kappa shape index (κ3) is 2.74. The van der Waals surface area contributed by atoms with Gasteiger partial charge in [0, 0.05) is 17.9 Å². The molecule has 1 fully saturated rings. The fraction of sp³-hybridized carbons (Fsp3) is 0.467. The molecule has 0 bridgehead atoms. The monoisotopic (exact) mass is 290 g/mol. The van der Waals surface area contributed by atoms with E-state index >= 15 is 0 Å². The fourth-order valence-corrected chi connectivity index (χ4v) is 3.59. The Hall–Kier alpha value is -1.33. The van der Waals surface area contributed by atoms with Gasteiger partial charge in [-0.3, -0.25) is 0 Å². The molecule has 20 heavy (non-hydrogen) atoms. The second-order valence-electron chi connectivity index (χ2n) is 5.36. The van der Waals surface area contributed by atoms with Crippen LogP contribution in [0.1, 0.15) is 34.3 Å². The second-order valence-corrected chi connectivity index (χ2v) is 6.43. The smallest absolute Gasteiger partial charge is 0.233 e. The van der Waals surface area contributed by atoms with E-state index in [0.29, 0.717) is 18.1 Å². The highest BCUT2D eigenvalue weighted by Gasteiger charge is 2.31. The Balaban J connectivity index is 1.75. The van der Waals surface area contributed by atoms with E-state index in [2.05, 4.69) is 42.2 Å². The van der Waals surface area contributed by atoms with Crippen molar-refractivity contribution in [3.63, 3.8) is 0 Å². The lowest BCUT2D eigenvalue weighted by molar-refractivity contribution is 0.164. The molecule has 1 saturated heterocycles. The summed E-state index contributed by atoms with van der Waals surface area (Å²) in [7, 11) is 0. The zero-order chi connectivity index (χ0) is 14.1. The largest absolute Gasteiger partial charge is 0.391 e. The van der Waals surface area contributed by atoms with Crippen molar-refractivity contribution in [2.75, 3.05) is 11.5 Å². The maximum atomic E-state index is 9.86. The number of nitrogens with zero attached hydrogens (tertiary/aromatic N) is 2. The Morgan fingerprint density at radius 2 is 2.15 bits per heavy atom. The standard InChI is InChI=1S/C15H18N2O2S/c1-9-3-4-11(5-10(9)2)6-14-16-15(19-17-14)12-7-20-8-13(12)18/h3-5,12-13,18H,6-8H2,1-2H3. The lowest BCUT2D eigenvalue weighted by Crippen LogP contribution is -2.15. The van der Waals surface area contributed by atoms with Crippen molar-refractivity contribution in [3.8, 4) is 0 Å². The van der Waals surface area contributed by atoms with Crippen LogP contribution in [0.2, 0.25) is 0 Å². The summed E-state index contributed by atoms with van der Waals surface area (Å²) in [5.74, 6) is 2.85. The van der Waals surface area contributed by atoms with Gasteiger partial charge in [0.1, 0.15) is 0 Å². The zero-order valence-corrected chi connectivity index (χ0v) is 12.5. The first-order chi connectivity index (χ1) is 9.63. The number of hydrogen-bond acceptors (Lipinski definition) is 5. The van der Waals surface area contributed by atoms with Gasteiger partial charge in [0.15, 0.2) is 5.82 Å². The van der Waals surface area contributed by atoms with Gasteiger partial charge in [-0.05, 0) is 30.5 Å². The summed E-state index contributed by atoms with van der Waals surface area (Å²) < 4.78 is 5.31. The highest BCUT2D eigenvalue weighted by atomic mass is 32.2. The Bertz CT molecular complexity index is 612. The van der Waals surface area contributed by atoms with E-state index in [1.165, 1.54) is 16.7 Å². The predicted octanol–water partition coefficient (Wildman–Crippen LogP) is 2.47. The van der Waals surface area contributed by atoms with E-state index in [-0.39, 0.29) is 12.0 Å². The van der Waals surface area contributed by atoms with Crippen LogP contribution in [0.25, 0.3) is 0 Å². The molecule has 1 aromatic carbocycles. The van der Waals surface area contributed by atoms with Crippen molar-refractivity contribution < 1.29 is 9.63 Å². The molecule has 1 aliphatic heterocycles. The number of hydrogen-bond donors (Lipinski definition) is 1. The number of rotatable bonds is 3. The first-order valence-electron chi connectivity index (χ1n) is 6.78. The summed E-state index contributed by atoms with van der Waals surface area (Å²) in [5.41, 5.74) is 3.74. The van der Waals surface area contributed by atoms with Gasteiger partial charge in [-0.2, -0.15) is 16.7 Å². The summed E-state index contributed by atoms with van der Waals surface area (Å²) >= 11 is 1.72. The van der Waals surface area contributed by atoms with Crippen LogP contribution < -0.4 is 0 Å². The van der Waals surface area contributed by atoms with Gasteiger partial charge in [0.05, 0.1) is 12.0 Å². The van der Waals surface area contributed by atoms with Crippen molar-refractivity contribution in [2.24, 2.45) is 0 Å². The molecule has 2 heterocycles. The lowest BCUT2D eigenvalue weighted by Gasteiger charge is -2.06. The molecule has 0 spiro atoms. The Labute approximate surface area is 122 Å².